The lowest BCUT2D eigenvalue weighted by Crippen LogP contribution is -2.44. The van der Waals surface area contributed by atoms with Gasteiger partial charge in [-0.15, -0.1) is 0 Å². The summed E-state index contributed by atoms with van der Waals surface area (Å²) in [6, 6.07) is 10.6. The molecule has 0 saturated carbocycles. The fourth-order valence-corrected chi connectivity index (χ4v) is 4.07. The topological polar surface area (TPSA) is 36.3 Å². The minimum atomic E-state index is -1.95. The maximum atomic E-state index is 10.2. The lowest BCUT2D eigenvalue weighted by molar-refractivity contribution is 0.0915. The van der Waals surface area contributed by atoms with E-state index in [0.29, 0.717) is 0 Å². The minimum Gasteiger partial charge on any atom is -0.396 e. The summed E-state index contributed by atoms with van der Waals surface area (Å²) >= 11 is 0. The largest absolute Gasteiger partial charge is 0.396 e. The smallest absolute Gasteiger partial charge is 0.186 e. The third-order valence-corrected chi connectivity index (χ3v) is 4.82. The van der Waals surface area contributed by atoms with Crippen molar-refractivity contribution in [1.82, 2.24) is 0 Å². The van der Waals surface area contributed by atoms with Crippen molar-refractivity contribution in [2.45, 2.75) is 25.2 Å². The summed E-state index contributed by atoms with van der Waals surface area (Å²) in [6.07, 6.45) is 12.0. The molecule has 0 fully saturated rings. The molecule has 0 aromatic heterocycles. The Kier molecular flexibility index (Phi) is 5.48. The van der Waals surface area contributed by atoms with Gasteiger partial charge in [0.1, 0.15) is 6.07 Å². The van der Waals surface area contributed by atoms with Gasteiger partial charge < -0.3 is 9.33 Å². The molecule has 0 aliphatic heterocycles. The number of hydrogen-bond acceptors (Lipinski definition) is 3. The van der Waals surface area contributed by atoms with Gasteiger partial charge in [-0.3, -0.25) is 0 Å². The van der Waals surface area contributed by atoms with Crippen molar-refractivity contribution in [3.63, 3.8) is 0 Å². The van der Waals surface area contributed by atoms with Gasteiger partial charge in [-0.05, 0) is 37.3 Å². The molecule has 1 aliphatic carbocycles. The summed E-state index contributed by atoms with van der Waals surface area (Å²) in [5.41, 5.74) is 1.00. The van der Waals surface area contributed by atoms with Crippen molar-refractivity contribution >= 4 is 14.0 Å². The number of anilines is 1. The minimum absolute atomic E-state index is 0.130. The average Bonchev–Trinajstić information content (AvgIpc) is 2.81. The third-order valence-electron chi connectivity index (χ3n) is 3.89. The van der Waals surface area contributed by atoms with Crippen LogP contribution in [-0.4, -0.2) is 22.4 Å². The van der Waals surface area contributed by atoms with Crippen LogP contribution < -0.4 is 4.90 Å². The molecule has 24 heavy (non-hydrogen) atoms. The summed E-state index contributed by atoms with van der Waals surface area (Å²) < 4.78 is 6.49. The van der Waals surface area contributed by atoms with Crippen molar-refractivity contribution in [3.8, 4) is 6.07 Å². The van der Waals surface area contributed by atoms with Crippen LogP contribution in [0.1, 0.15) is 5.56 Å². The molecule has 0 spiro atoms. The van der Waals surface area contributed by atoms with Gasteiger partial charge in [0.25, 0.3) is 0 Å². The fourth-order valence-electron chi connectivity index (χ4n) is 2.80. The van der Waals surface area contributed by atoms with Gasteiger partial charge in [-0.2, -0.15) is 5.26 Å². The fraction of sp³-hybridized carbons (Fsp3) is 0.350. The summed E-state index contributed by atoms with van der Waals surface area (Å²) in [4.78, 5) is 2.05. The molecule has 0 heterocycles. The Bertz CT molecular complexity index is 674. The second-order valence-corrected chi connectivity index (χ2v) is 11.6. The number of nitrogens with zero attached hydrogens (tertiary/aromatic N) is 2. The average molecular weight is 339 g/mol. The zero-order chi connectivity index (χ0) is 17.8. The third kappa shape index (κ3) is 4.05. The first-order valence-electron chi connectivity index (χ1n) is 8.19. The van der Waals surface area contributed by atoms with Crippen LogP contribution in [0.4, 0.5) is 5.69 Å². The van der Waals surface area contributed by atoms with Crippen LogP contribution in [-0.2, 0) is 10.0 Å². The molecule has 3 nitrogen and oxygen atoms in total. The molecule has 4 heteroatoms. The number of nitriles is 1. The van der Waals surface area contributed by atoms with Crippen molar-refractivity contribution in [2.75, 3.05) is 19.0 Å². The van der Waals surface area contributed by atoms with Crippen LogP contribution in [0.25, 0.3) is 0 Å². The van der Waals surface area contributed by atoms with E-state index in [0.717, 1.165) is 11.3 Å². The first kappa shape index (κ1) is 18.2. The number of allylic oxidation sites excluding steroid dienone is 4. The van der Waals surface area contributed by atoms with Crippen LogP contribution in [0, 0.1) is 17.2 Å². The maximum Gasteiger partial charge on any atom is 0.186 e. The molecule has 0 amide bonds. The maximum absolute atomic E-state index is 10.2. The summed E-state index contributed by atoms with van der Waals surface area (Å²) in [7, 11) is 2.06. The van der Waals surface area contributed by atoms with Gasteiger partial charge in [-0.1, -0.05) is 48.6 Å². The van der Waals surface area contributed by atoms with Crippen molar-refractivity contribution in [3.05, 3.63) is 66.3 Å². The molecule has 0 bridgehead atoms. The van der Waals surface area contributed by atoms with Crippen LogP contribution >= 0.6 is 0 Å². The van der Waals surface area contributed by atoms with E-state index in [9.17, 15) is 5.26 Å². The van der Waals surface area contributed by atoms with Crippen LogP contribution in [0.15, 0.2) is 60.7 Å². The van der Waals surface area contributed by atoms with E-state index in [-0.39, 0.29) is 5.92 Å². The number of hydrogen-bond donors (Lipinski definition) is 0. The van der Waals surface area contributed by atoms with Gasteiger partial charge in [0.05, 0.1) is 0 Å². The van der Waals surface area contributed by atoms with Crippen molar-refractivity contribution in [1.29, 1.82) is 5.26 Å². The second kappa shape index (κ2) is 7.21. The molecule has 2 rings (SSSR count). The SMILES string of the molecule is CN(C)c1ccc(C(C#N)(O[Si](C)(C)C)C2C=CC=CC=C2)cc1. The normalized spacial score (nSPS) is 17.2. The van der Waals surface area contributed by atoms with E-state index in [2.05, 4.69) is 25.7 Å². The number of benzene rings is 1. The Morgan fingerprint density at radius 1 is 1.00 bits per heavy atom. The molecule has 1 unspecified atom stereocenters. The molecular weight excluding hydrogens is 312 g/mol. The zero-order valence-corrected chi connectivity index (χ0v) is 16.2. The highest BCUT2D eigenvalue weighted by Crippen LogP contribution is 2.39. The molecule has 0 saturated heterocycles. The first-order chi connectivity index (χ1) is 11.3. The first-order valence-corrected chi connectivity index (χ1v) is 11.6. The van der Waals surface area contributed by atoms with E-state index in [1.807, 2.05) is 79.7 Å². The zero-order valence-electron chi connectivity index (χ0n) is 15.2. The molecule has 0 radical (unpaired) electrons. The number of rotatable bonds is 5. The lowest BCUT2D eigenvalue weighted by Gasteiger charge is -2.38. The van der Waals surface area contributed by atoms with Gasteiger partial charge in [0.2, 0.25) is 0 Å². The van der Waals surface area contributed by atoms with Crippen LogP contribution in [0.3, 0.4) is 0 Å². The summed E-state index contributed by atoms with van der Waals surface area (Å²) in [6.45, 7) is 6.36. The Morgan fingerprint density at radius 2 is 1.54 bits per heavy atom. The van der Waals surface area contributed by atoms with Crippen LogP contribution in [0.5, 0.6) is 0 Å². The summed E-state index contributed by atoms with van der Waals surface area (Å²) in [5, 5.41) is 10.2. The molecule has 1 aliphatic rings. The highest BCUT2D eigenvalue weighted by atomic mass is 28.4. The predicted molar refractivity (Wildman–Crippen MR) is 103 cm³/mol. The summed E-state index contributed by atoms with van der Waals surface area (Å²) in [5.74, 6) is -0.130. The van der Waals surface area contributed by atoms with E-state index in [4.69, 9.17) is 4.43 Å². The van der Waals surface area contributed by atoms with Gasteiger partial charge in [0.15, 0.2) is 13.9 Å². The van der Waals surface area contributed by atoms with E-state index < -0.39 is 13.9 Å². The van der Waals surface area contributed by atoms with Crippen molar-refractivity contribution < 1.29 is 4.43 Å². The molecule has 126 valence electrons. The van der Waals surface area contributed by atoms with E-state index in [1.165, 1.54) is 0 Å². The van der Waals surface area contributed by atoms with E-state index in [1.54, 1.807) is 0 Å². The molecule has 1 aromatic carbocycles. The highest BCUT2D eigenvalue weighted by Gasteiger charge is 2.43. The predicted octanol–water partition coefficient (Wildman–Crippen LogP) is 4.62. The Morgan fingerprint density at radius 3 is 1.96 bits per heavy atom. The molecular formula is C20H26N2OSi. The Labute approximate surface area is 146 Å². The lowest BCUT2D eigenvalue weighted by atomic mass is 9.82. The highest BCUT2D eigenvalue weighted by molar-refractivity contribution is 6.69. The standard InChI is InChI=1S/C20H26N2OSi/c1-22(2)19-14-12-18(13-15-19)20(16-21,23-24(3,4)5)17-10-8-6-7-9-11-17/h6-15,17H,1-5H3. The Hall–Kier alpha value is -2.09. The molecule has 1 aromatic rings. The van der Waals surface area contributed by atoms with E-state index >= 15 is 0 Å². The monoisotopic (exact) mass is 338 g/mol. The molecule has 1 atom stereocenters. The quantitative estimate of drug-likeness (QED) is 0.735. The van der Waals surface area contributed by atoms with Gasteiger partial charge in [0, 0.05) is 25.7 Å². The molecule has 0 N–H and O–H groups in total. The second-order valence-electron chi connectivity index (χ2n) is 7.18. The van der Waals surface area contributed by atoms with Gasteiger partial charge >= 0.3 is 0 Å². The van der Waals surface area contributed by atoms with Crippen molar-refractivity contribution in [2.24, 2.45) is 5.92 Å². The van der Waals surface area contributed by atoms with Gasteiger partial charge in [-0.25, -0.2) is 0 Å². The van der Waals surface area contributed by atoms with Crippen LogP contribution in [0.2, 0.25) is 19.6 Å². The Balaban J connectivity index is 2.55.